The Bertz CT molecular complexity index is 507. The lowest BCUT2D eigenvalue weighted by Gasteiger charge is -2.24. The molecule has 38 heavy (non-hydrogen) atoms. The number of rotatable bonds is 29. The van der Waals surface area contributed by atoms with E-state index in [0.717, 1.165) is 18.9 Å². The van der Waals surface area contributed by atoms with Crippen LogP contribution in [0.5, 0.6) is 0 Å². The number of allylic oxidation sites excluding steroid dienone is 8. The zero-order valence-corrected chi connectivity index (χ0v) is 26.6. The molecule has 0 aliphatic rings. The standard InChI is InChI=1S/C37H69N/c1-5-7-9-11-13-15-17-19-21-23-25-27-29-31-33-35-37(38(3)4)36-34-32-30-28-26-24-22-20-18-16-14-12-10-8-6-2/h13-16,19-22,37H,5-12,17-18,23-36H2,1-4H3. The zero-order chi connectivity index (χ0) is 27.8. The Balaban J connectivity index is 3.56. The van der Waals surface area contributed by atoms with E-state index in [4.69, 9.17) is 0 Å². The van der Waals surface area contributed by atoms with Gasteiger partial charge in [-0.2, -0.15) is 0 Å². The summed E-state index contributed by atoms with van der Waals surface area (Å²) >= 11 is 0. The van der Waals surface area contributed by atoms with Crippen LogP contribution in [-0.2, 0) is 0 Å². The van der Waals surface area contributed by atoms with Gasteiger partial charge in [-0.25, -0.2) is 0 Å². The van der Waals surface area contributed by atoms with Crippen LogP contribution in [-0.4, -0.2) is 25.0 Å². The van der Waals surface area contributed by atoms with Crippen LogP contribution in [0.15, 0.2) is 48.6 Å². The van der Waals surface area contributed by atoms with E-state index in [1.54, 1.807) is 0 Å². The van der Waals surface area contributed by atoms with E-state index in [0.29, 0.717) is 0 Å². The van der Waals surface area contributed by atoms with E-state index in [9.17, 15) is 0 Å². The molecule has 0 saturated heterocycles. The van der Waals surface area contributed by atoms with Gasteiger partial charge in [0.1, 0.15) is 0 Å². The highest BCUT2D eigenvalue weighted by Gasteiger charge is 2.10. The first-order chi connectivity index (χ1) is 18.7. The van der Waals surface area contributed by atoms with Crippen molar-refractivity contribution in [2.24, 2.45) is 0 Å². The molecule has 0 saturated carbocycles. The molecule has 0 heterocycles. The second-order valence-corrected chi connectivity index (χ2v) is 11.7. The average molecular weight is 528 g/mol. The minimum atomic E-state index is 0.783. The number of unbranched alkanes of at least 4 members (excludes halogenated alkanes) is 16. The summed E-state index contributed by atoms with van der Waals surface area (Å²) in [6.07, 6.45) is 51.0. The lowest BCUT2D eigenvalue weighted by molar-refractivity contribution is 0.251. The van der Waals surface area contributed by atoms with Gasteiger partial charge in [0.15, 0.2) is 0 Å². The van der Waals surface area contributed by atoms with Crippen LogP contribution >= 0.6 is 0 Å². The molecule has 0 aliphatic carbocycles. The maximum Gasteiger partial charge on any atom is 0.00891 e. The lowest BCUT2D eigenvalue weighted by atomic mass is 9.99. The minimum Gasteiger partial charge on any atom is -0.306 e. The molecule has 0 bridgehead atoms. The van der Waals surface area contributed by atoms with Crippen LogP contribution in [0, 0.1) is 0 Å². The molecule has 0 aliphatic heterocycles. The lowest BCUT2D eigenvalue weighted by Crippen LogP contribution is -2.27. The average Bonchev–Trinajstić information content (AvgIpc) is 2.91. The van der Waals surface area contributed by atoms with Crippen LogP contribution in [0.3, 0.4) is 0 Å². The summed E-state index contributed by atoms with van der Waals surface area (Å²) < 4.78 is 0. The molecule has 0 N–H and O–H groups in total. The van der Waals surface area contributed by atoms with Gasteiger partial charge in [0, 0.05) is 6.04 Å². The van der Waals surface area contributed by atoms with Crippen molar-refractivity contribution in [3.63, 3.8) is 0 Å². The molecule has 0 aromatic heterocycles. The fraction of sp³-hybridized carbons (Fsp3) is 0.784. The van der Waals surface area contributed by atoms with Gasteiger partial charge in [-0.1, -0.05) is 140 Å². The second-order valence-electron chi connectivity index (χ2n) is 11.7. The van der Waals surface area contributed by atoms with Crippen molar-refractivity contribution in [1.29, 1.82) is 0 Å². The summed E-state index contributed by atoms with van der Waals surface area (Å²) in [5, 5.41) is 0. The van der Waals surface area contributed by atoms with Crippen molar-refractivity contribution in [3.05, 3.63) is 48.6 Å². The monoisotopic (exact) mass is 528 g/mol. The first-order valence-corrected chi connectivity index (χ1v) is 17.0. The number of nitrogens with zero attached hydrogens (tertiary/aromatic N) is 1. The van der Waals surface area contributed by atoms with Crippen molar-refractivity contribution in [2.45, 2.75) is 174 Å². The Kier molecular flexibility index (Phi) is 31.2. The van der Waals surface area contributed by atoms with Gasteiger partial charge in [0.2, 0.25) is 0 Å². The molecular formula is C37H69N. The first-order valence-electron chi connectivity index (χ1n) is 17.0. The number of hydrogen-bond acceptors (Lipinski definition) is 1. The quantitative estimate of drug-likeness (QED) is 0.0690. The second kappa shape index (κ2) is 32.1. The Labute approximate surface area is 241 Å². The summed E-state index contributed by atoms with van der Waals surface area (Å²) in [7, 11) is 4.56. The fourth-order valence-electron chi connectivity index (χ4n) is 5.04. The van der Waals surface area contributed by atoms with E-state index in [2.05, 4.69) is 81.5 Å². The van der Waals surface area contributed by atoms with Crippen molar-refractivity contribution < 1.29 is 0 Å². The molecule has 1 nitrogen and oxygen atoms in total. The smallest absolute Gasteiger partial charge is 0.00891 e. The van der Waals surface area contributed by atoms with Crippen LogP contribution < -0.4 is 0 Å². The van der Waals surface area contributed by atoms with Gasteiger partial charge in [-0.3, -0.25) is 0 Å². The maximum atomic E-state index is 2.48. The van der Waals surface area contributed by atoms with Gasteiger partial charge in [-0.15, -0.1) is 0 Å². The van der Waals surface area contributed by atoms with E-state index < -0.39 is 0 Å². The summed E-state index contributed by atoms with van der Waals surface area (Å²) in [5.74, 6) is 0. The molecule has 0 aromatic carbocycles. The fourth-order valence-corrected chi connectivity index (χ4v) is 5.04. The minimum absolute atomic E-state index is 0.783. The SMILES string of the molecule is CCCCCC=CCC=CCCCCCCCC(CCCCCCCC=CCC=CCCCCC)N(C)C. The van der Waals surface area contributed by atoms with Crippen LogP contribution in [0.25, 0.3) is 0 Å². The molecule has 0 unspecified atom stereocenters. The highest BCUT2D eigenvalue weighted by molar-refractivity contribution is 4.93. The third-order valence-electron chi connectivity index (χ3n) is 7.71. The van der Waals surface area contributed by atoms with Crippen LogP contribution in [0.2, 0.25) is 0 Å². The van der Waals surface area contributed by atoms with Crippen molar-refractivity contribution in [3.8, 4) is 0 Å². The maximum absolute atomic E-state index is 2.48. The Morgan fingerprint density at radius 3 is 1.05 bits per heavy atom. The van der Waals surface area contributed by atoms with Gasteiger partial charge in [-0.05, 0) is 91.1 Å². The Morgan fingerprint density at radius 2 is 0.711 bits per heavy atom. The molecule has 0 spiro atoms. The van der Waals surface area contributed by atoms with Gasteiger partial charge >= 0.3 is 0 Å². The van der Waals surface area contributed by atoms with E-state index in [1.165, 1.54) is 141 Å². The van der Waals surface area contributed by atoms with Gasteiger partial charge in [0.05, 0.1) is 0 Å². The summed E-state index contributed by atoms with van der Waals surface area (Å²) in [6.45, 7) is 4.54. The highest BCUT2D eigenvalue weighted by atomic mass is 15.1. The summed E-state index contributed by atoms with van der Waals surface area (Å²) in [5.41, 5.74) is 0. The van der Waals surface area contributed by atoms with E-state index in [1.807, 2.05) is 0 Å². The van der Waals surface area contributed by atoms with E-state index >= 15 is 0 Å². The first kappa shape index (κ1) is 36.9. The molecule has 0 radical (unpaired) electrons. The number of hydrogen-bond donors (Lipinski definition) is 0. The molecule has 0 aromatic rings. The predicted molar refractivity (Wildman–Crippen MR) is 176 cm³/mol. The highest BCUT2D eigenvalue weighted by Crippen LogP contribution is 2.17. The summed E-state index contributed by atoms with van der Waals surface area (Å²) in [4.78, 5) is 2.48. The molecule has 0 rings (SSSR count). The third-order valence-corrected chi connectivity index (χ3v) is 7.71. The largest absolute Gasteiger partial charge is 0.306 e. The predicted octanol–water partition coefficient (Wildman–Crippen LogP) is 12.5. The molecule has 1 heteroatoms. The topological polar surface area (TPSA) is 3.24 Å². The molecule has 222 valence electrons. The summed E-state index contributed by atoms with van der Waals surface area (Å²) in [6, 6.07) is 0.783. The van der Waals surface area contributed by atoms with Gasteiger partial charge < -0.3 is 4.90 Å². The van der Waals surface area contributed by atoms with Crippen LogP contribution in [0.4, 0.5) is 0 Å². The zero-order valence-electron chi connectivity index (χ0n) is 26.6. The van der Waals surface area contributed by atoms with E-state index in [-0.39, 0.29) is 0 Å². The molecular weight excluding hydrogens is 458 g/mol. The molecule has 0 atom stereocenters. The molecule has 0 amide bonds. The van der Waals surface area contributed by atoms with Crippen molar-refractivity contribution in [2.75, 3.05) is 14.1 Å². The molecule has 0 fully saturated rings. The van der Waals surface area contributed by atoms with Crippen molar-refractivity contribution in [1.82, 2.24) is 4.90 Å². The Morgan fingerprint density at radius 1 is 0.395 bits per heavy atom. The normalized spacial score (nSPS) is 13.4. The van der Waals surface area contributed by atoms with Crippen LogP contribution in [0.1, 0.15) is 168 Å². The van der Waals surface area contributed by atoms with Crippen molar-refractivity contribution >= 4 is 0 Å². The van der Waals surface area contributed by atoms with Gasteiger partial charge in [0.25, 0.3) is 0 Å². The third kappa shape index (κ3) is 29.5. The Hall–Kier alpha value is -1.08.